The molecule has 0 saturated carbocycles. The van der Waals surface area contributed by atoms with Crippen LogP contribution in [0.4, 0.5) is 5.13 Å². The van der Waals surface area contributed by atoms with Crippen molar-refractivity contribution in [1.29, 1.82) is 10.5 Å². The molecule has 0 unspecified atom stereocenters. The van der Waals surface area contributed by atoms with Crippen molar-refractivity contribution >= 4 is 57.6 Å². The van der Waals surface area contributed by atoms with E-state index in [9.17, 15) is 19.5 Å². The number of aromatic nitrogens is 4. The highest BCUT2D eigenvalue weighted by atomic mass is 32.2. The first-order valence-corrected chi connectivity index (χ1v) is 12.9. The molecule has 1 fully saturated rings. The number of oxime groups is 1. The number of anilines is 1. The number of carboxylic acids is 1. The lowest BCUT2D eigenvalue weighted by molar-refractivity contribution is -0.662. The largest absolute Gasteiger partial charge is 0.543 e. The van der Waals surface area contributed by atoms with Crippen LogP contribution in [0.25, 0.3) is 5.65 Å². The van der Waals surface area contributed by atoms with Crippen LogP contribution in [0.5, 0.6) is 0 Å². The quantitative estimate of drug-likeness (QED) is 0.0990. The SMILES string of the molecule is N#CCO/N=C(/C(=O)N[C@@H]1C(=O)N2C(C(=O)[O-])=C(C[n+]3ccn4cc(C#N)ccc43)CS[C@H]12)c1nsc(N)n1. The van der Waals surface area contributed by atoms with Gasteiger partial charge in [0.2, 0.25) is 18.1 Å². The number of carbonyl (C=O) groups is 3. The third-order valence-electron chi connectivity index (χ3n) is 5.83. The second-order valence-corrected chi connectivity index (χ2v) is 10.0. The van der Waals surface area contributed by atoms with Gasteiger partial charge in [-0.25, -0.2) is 8.97 Å². The Kier molecular flexibility index (Phi) is 6.84. The third-order valence-corrected chi connectivity index (χ3v) is 7.71. The Hall–Kier alpha value is -5.00. The molecule has 2 atom stereocenters. The van der Waals surface area contributed by atoms with Crippen LogP contribution in [0.3, 0.4) is 0 Å². The number of β-lactam (4-membered cyclic amide) rings is 1. The van der Waals surface area contributed by atoms with Gasteiger partial charge < -0.3 is 25.8 Å². The number of fused-ring (bicyclic) bond motifs is 2. The number of carbonyl (C=O) groups excluding carboxylic acids is 3. The number of thioether (sulfide) groups is 1. The predicted octanol–water partition coefficient (Wildman–Crippen LogP) is -2.12. The van der Waals surface area contributed by atoms with E-state index in [2.05, 4.69) is 25.9 Å². The van der Waals surface area contributed by atoms with E-state index >= 15 is 0 Å². The van der Waals surface area contributed by atoms with Crippen molar-refractivity contribution in [3.8, 4) is 12.1 Å². The molecule has 0 spiro atoms. The molecule has 3 N–H and O–H groups in total. The maximum atomic E-state index is 13.1. The van der Waals surface area contributed by atoms with Gasteiger partial charge >= 0.3 is 0 Å². The molecule has 3 aromatic heterocycles. The maximum absolute atomic E-state index is 13.1. The smallest absolute Gasteiger partial charge is 0.286 e. The zero-order valence-corrected chi connectivity index (χ0v) is 21.3. The van der Waals surface area contributed by atoms with Crippen molar-refractivity contribution in [1.82, 2.24) is 24.0 Å². The number of nitrogen functional groups attached to an aromatic ring is 1. The van der Waals surface area contributed by atoms with E-state index in [4.69, 9.17) is 21.1 Å². The van der Waals surface area contributed by atoms with Crippen LogP contribution < -0.4 is 20.7 Å². The fraction of sp³-hybridized carbons (Fsp3) is 0.227. The molecule has 3 aromatic rings. The number of nitriles is 2. The van der Waals surface area contributed by atoms with Crippen LogP contribution >= 0.6 is 23.3 Å². The van der Waals surface area contributed by atoms with Gasteiger partial charge in [-0.1, -0.05) is 5.16 Å². The Morgan fingerprint density at radius 2 is 2.21 bits per heavy atom. The molecule has 17 heteroatoms. The molecule has 2 aliphatic rings. The molecule has 5 rings (SSSR count). The summed E-state index contributed by atoms with van der Waals surface area (Å²) in [5.74, 6) is -2.92. The number of imidazole rings is 1. The summed E-state index contributed by atoms with van der Waals surface area (Å²) in [5, 5.41) is 35.4. The van der Waals surface area contributed by atoms with Gasteiger partial charge in [0.25, 0.3) is 17.5 Å². The summed E-state index contributed by atoms with van der Waals surface area (Å²) in [6.45, 7) is -0.279. The molecule has 2 amide bonds. The Balaban J connectivity index is 1.36. The number of rotatable bonds is 8. The fourth-order valence-electron chi connectivity index (χ4n) is 4.15. The molecule has 1 saturated heterocycles. The molecule has 15 nitrogen and oxygen atoms in total. The summed E-state index contributed by atoms with van der Waals surface area (Å²) in [5.41, 5.74) is 6.57. The standard InChI is InChI=1S/C22H16N10O5S2/c23-3-6-37-28-14(17-27-22(25)39-29-17)18(33)26-15-19(34)32-16(21(35)36)12(10-38-20(15)32)9-31-5-4-30-8-11(7-24)1-2-13(30)31/h1-2,4-5,8,15,20H,6,9-10H2,(H3-,25,26,27,29,33,35,36)/b28-14+/t15-,20-/m1/s1. The molecular formula is C22H16N10O5S2. The monoisotopic (exact) mass is 564 g/mol. The molecule has 196 valence electrons. The minimum Gasteiger partial charge on any atom is -0.543 e. The summed E-state index contributed by atoms with van der Waals surface area (Å²) in [6, 6.07) is 6.09. The van der Waals surface area contributed by atoms with Gasteiger partial charge in [0.15, 0.2) is 5.13 Å². The van der Waals surface area contributed by atoms with Gasteiger partial charge in [0, 0.05) is 28.9 Å². The van der Waals surface area contributed by atoms with Crippen molar-refractivity contribution in [2.75, 3.05) is 18.1 Å². The van der Waals surface area contributed by atoms with Crippen molar-refractivity contribution in [2.24, 2.45) is 5.16 Å². The number of aliphatic carboxylic acids is 1. The first-order valence-electron chi connectivity index (χ1n) is 11.1. The summed E-state index contributed by atoms with van der Waals surface area (Å²) < 4.78 is 7.45. The average Bonchev–Trinajstić information content (AvgIpc) is 3.54. The number of hydrogen-bond acceptors (Lipinski definition) is 13. The number of pyridine rings is 1. The van der Waals surface area contributed by atoms with E-state index in [0.29, 0.717) is 16.8 Å². The van der Waals surface area contributed by atoms with E-state index in [0.717, 1.165) is 16.4 Å². The number of nitrogens with two attached hydrogens (primary N) is 1. The highest BCUT2D eigenvalue weighted by molar-refractivity contribution is 8.00. The number of hydrogen-bond donors (Lipinski definition) is 2. The Labute approximate surface area is 227 Å². The van der Waals surface area contributed by atoms with Gasteiger partial charge in [-0.15, -0.1) is 11.8 Å². The molecule has 2 aliphatic heterocycles. The topological polar surface area (TPSA) is 219 Å². The lowest BCUT2D eigenvalue weighted by Crippen LogP contribution is -2.71. The third kappa shape index (κ3) is 4.72. The minimum absolute atomic E-state index is 0.0650. The highest BCUT2D eigenvalue weighted by Crippen LogP contribution is 2.40. The van der Waals surface area contributed by atoms with Gasteiger partial charge in [-0.2, -0.15) is 19.9 Å². The molecule has 5 heterocycles. The fourth-order valence-corrected chi connectivity index (χ4v) is 5.92. The highest BCUT2D eigenvalue weighted by Gasteiger charge is 2.53. The van der Waals surface area contributed by atoms with Crippen molar-refractivity contribution in [3.63, 3.8) is 0 Å². The number of nitrogens with one attached hydrogen (secondary N) is 1. The zero-order valence-electron chi connectivity index (χ0n) is 19.7. The summed E-state index contributed by atoms with van der Waals surface area (Å²) in [7, 11) is 0. The number of nitrogens with zero attached hydrogens (tertiary/aromatic N) is 8. The zero-order chi connectivity index (χ0) is 27.7. The van der Waals surface area contributed by atoms with E-state index < -0.39 is 41.5 Å². The summed E-state index contributed by atoms with van der Waals surface area (Å²) in [6.07, 6.45) is 5.12. The first kappa shape index (κ1) is 25.6. The van der Waals surface area contributed by atoms with Crippen LogP contribution in [0.2, 0.25) is 0 Å². The van der Waals surface area contributed by atoms with E-state index in [1.54, 1.807) is 45.8 Å². The molecule has 0 aromatic carbocycles. The van der Waals surface area contributed by atoms with Crippen LogP contribution in [-0.4, -0.2) is 65.9 Å². The average molecular weight is 565 g/mol. The van der Waals surface area contributed by atoms with Crippen LogP contribution in [0.15, 0.2) is 47.1 Å². The van der Waals surface area contributed by atoms with Crippen LogP contribution in [0.1, 0.15) is 11.4 Å². The second-order valence-electron chi connectivity index (χ2n) is 8.15. The van der Waals surface area contributed by atoms with E-state index in [1.165, 1.54) is 11.8 Å². The van der Waals surface area contributed by atoms with Crippen molar-refractivity contribution in [2.45, 2.75) is 18.0 Å². The molecule has 0 aliphatic carbocycles. The normalized spacial score (nSPS) is 18.7. The van der Waals surface area contributed by atoms with Crippen LogP contribution in [0, 0.1) is 22.7 Å². The Morgan fingerprint density at radius 1 is 1.38 bits per heavy atom. The van der Waals surface area contributed by atoms with Gasteiger partial charge in [-0.05, 0) is 6.07 Å². The van der Waals surface area contributed by atoms with Gasteiger partial charge in [0.1, 0.15) is 48.7 Å². The summed E-state index contributed by atoms with van der Waals surface area (Å²) >= 11 is 2.09. The first-order chi connectivity index (χ1) is 18.8. The van der Waals surface area contributed by atoms with Gasteiger partial charge in [0.05, 0.1) is 17.2 Å². The minimum atomic E-state index is -1.52. The number of amides is 2. The van der Waals surface area contributed by atoms with E-state index in [1.807, 2.05) is 0 Å². The Bertz CT molecular complexity index is 1660. The summed E-state index contributed by atoms with van der Waals surface area (Å²) in [4.78, 5) is 48.0. The molecule has 0 radical (unpaired) electrons. The number of carboxylic acid groups (broad SMARTS) is 1. The predicted molar refractivity (Wildman–Crippen MR) is 132 cm³/mol. The second kappa shape index (κ2) is 10.4. The van der Waals surface area contributed by atoms with Crippen LogP contribution in [-0.2, 0) is 25.8 Å². The Morgan fingerprint density at radius 3 is 2.90 bits per heavy atom. The van der Waals surface area contributed by atoms with Crippen molar-refractivity contribution < 1.29 is 28.9 Å². The maximum Gasteiger partial charge on any atom is 0.286 e. The van der Waals surface area contributed by atoms with Crippen molar-refractivity contribution in [3.05, 3.63) is 53.4 Å². The molecule has 39 heavy (non-hydrogen) atoms. The van der Waals surface area contributed by atoms with Gasteiger partial charge in [-0.3, -0.25) is 14.5 Å². The molecule has 0 bridgehead atoms. The van der Waals surface area contributed by atoms with E-state index in [-0.39, 0.29) is 29.0 Å². The lowest BCUT2D eigenvalue weighted by atomic mass is 10.0. The molecular weight excluding hydrogens is 548 g/mol. The lowest BCUT2D eigenvalue weighted by Gasteiger charge is -2.50.